The van der Waals surface area contributed by atoms with Crippen molar-refractivity contribution in [1.82, 2.24) is 20.4 Å². The number of amides is 2. The van der Waals surface area contributed by atoms with Gasteiger partial charge in [-0.15, -0.1) is 0 Å². The number of benzene rings is 1. The van der Waals surface area contributed by atoms with Crippen molar-refractivity contribution in [2.75, 3.05) is 0 Å². The van der Waals surface area contributed by atoms with Crippen LogP contribution < -0.4 is 10.6 Å². The van der Waals surface area contributed by atoms with Gasteiger partial charge in [-0.25, -0.2) is 8.78 Å². The summed E-state index contributed by atoms with van der Waals surface area (Å²) in [4.78, 5) is 25.6. The van der Waals surface area contributed by atoms with Crippen molar-refractivity contribution in [2.45, 2.75) is 76.9 Å². The number of nitrogens with zero attached hydrogens (tertiary/aromatic N) is 2. The summed E-state index contributed by atoms with van der Waals surface area (Å²) in [7, 11) is 0. The van der Waals surface area contributed by atoms with E-state index >= 15 is 0 Å². The Labute approximate surface area is 186 Å². The lowest BCUT2D eigenvalue weighted by molar-refractivity contribution is -0.123. The smallest absolute Gasteiger partial charge is 0.255 e. The molecule has 2 saturated carbocycles. The van der Waals surface area contributed by atoms with Gasteiger partial charge in [0.15, 0.2) is 0 Å². The molecule has 1 aromatic heterocycles. The van der Waals surface area contributed by atoms with E-state index < -0.39 is 11.6 Å². The summed E-state index contributed by atoms with van der Waals surface area (Å²) < 4.78 is 29.3. The Bertz CT molecular complexity index is 1040. The molecule has 2 aromatic rings. The maximum atomic E-state index is 14.0. The molecule has 6 nitrogen and oxygen atoms in total. The van der Waals surface area contributed by atoms with Crippen LogP contribution in [0.5, 0.6) is 0 Å². The highest BCUT2D eigenvalue weighted by Crippen LogP contribution is 2.48. The van der Waals surface area contributed by atoms with Gasteiger partial charge in [0.05, 0.1) is 16.8 Å². The third kappa shape index (κ3) is 4.54. The molecule has 1 heterocycles. The molecule has 0 radical (unpaired) electrons. The van der Waals surface area contributed by atoms with E-state index in [0.717, 1.165) is 31.4 Å². The minimum atomic E-state index is -0.504. The molecule has 8 heteroatoms. The number of halogens is 2. The van der Waals surface area contributed by atoms with Crippen LogP contribution >= 0.6 is 0 Å². The fraction of sp³-hybridized carbons (Fsp3) is 0.542. The summed E-state index contributed by atoms with van der Waals surface area (Å²) in [6, 6.07) is 3.00. The van der Waals surface area contributed by atoms with Crippen molar-refractivity contribution in [3.05, 3.63) is 52.9 Å². The number of hydrogen-bond acceptors (Lipinski definition) is 3. The number of aromatic nitrogens is 2. The molecule has 0 aliphatic heterocycles. The van der Waals surface area contributed by atoms with Crippen LogP contribution in [-0.2, 0) is 10.3 Å². The molecule has 4 rings (SSSR count). The van der Waals surface area contributed by atoms with Gasteiger partial charge in [-0.2, -0.15) is 5.10 Å². The lowest BCUT2D eigenvalue weighted by atomic mass is 10.1. The van der Waals surface area contributed by atoms with Crippen molar-refractivity contribution in [3.63, 3.8) is 0 Å². The third-order valence-electron chi connectivity index (χ3n) is 6.48. The molecule has 2 fully saturated rings. The summed E-state index contributed by atoms with van der Waals surface area (Å²) in [5, 5.41) is 10.5. The van der Waals surface area contributed by atoms with E-state index in [1.165, 1.54) is 6.07 Å². The van der Waals surface area contributed by atoms with Crippen LogP contribution in [0.3, 0.4) is 0 Å². The van der Waals surface area contributed by atoms with E-state index in [2.05, 4.69) is 15.7 Å². The predicted octanol–water partition coefficient (Wildman–Crippen LogP) is 3.80. The van der Waals surface area contributed by atoms with Crippen molar-refractivity contribution in [2.24, 2.45) is 5.92 Å². The van der Waals surface area contributed by atoms with Gasteiger partial charge in [-0.1, -0.05) is 0 Å². The Morgan fingerprint density at radius 3 is 2.47 bits per heavy atom. The fourth-order valence-corrected chi connectivity index (χ4v) is 4.50. The Morgan fingerprint density at radius 1 is 1.12 bits per heavy atom. The highest BCUT2D eigenvalue weighted by molar-refractivity contribution is 5.95. The van der Waals surface area contributed by atoms with Gasteiger partial charge in [-0.05, 0) is 83.1 Å². The first kappa shape index (κ1) is 22.4. The summed E-state index contributed by atoms with van der Waals surface area (Å²) in [5.74, 6) is -2.02. The zero-order valence-corrected chi connectivity index (χ0v) is 18.9. The molecule has 0 saturated heterocycles. The van der Waals surface area contributed by atoms with E-state index in [0.29, 0.717) is 17.7 Å². The lowest BCUT2D eigenvalue weighted by Crippen LogP contribution is -2.49. The Hall–Kier alpha value is -2.77. The SMILES string of the molecule is Cc1nn(C(C)(C)C)cc1C(=O)N[C@@H]1CCC[C@H]1NC(=O)[C@@H]1C[C@H]1c1cc(F)ccc1F. The standard InChI is InChI=1S/C24H30F2N4O2/c1-13-18(12-30(29-13)24(2,3)4)23(32)28-21-7-5-6-20(21)27-22(31)17-11-15(17)16-10-14(25)8-9-19(16)26/h8-10,12,15,17,20-21H,5-7,11H2,1-4H3,(H,27,31)(H,28,32)/t15-,17+,20+,21+/m0/s1. The Kier molecular flexibility index (Phi) is 5.81. The van der Waals surface area contributed by atoms with Gasteiger partial charge < -0.3 is 10.6 Å². The van der Waals surface area contributed by atoms with Crippen LogP contribution in [0.2, 0.25) is 0 Å². The normalized spacial score (nSPS) is 24.9. The minimum absolute atomic E-state index is 0.165. The van der Waals surface area contributed by atoms with Gasteiger partial charge >= 0.3 is 0 Å². The Morgan fingerprint density at radius 2 is 1.81 bits per heavy atom. The Balaban J connectivity index is 1.37. The summed E-state index contributed by atoms with van der Waals surface area (Å²) in [6.07, 6.45) is 4.69. The van der Waals surface area contributed by atoms with E-state index in [1.54, 1.807) is 10.9 Å². The van der Waals surface area contributed by atoms with Crippen molar-refractivity contribution < 1.29 is 18.4 Å². The topological polar surface area (TPSA) is 76.0 Å². The molecule has 2 aliphatic carbocycles. The number of rotatable bonds is 5. The molecule has 2 N–H and O–H groups in total. The molecule has 32 heavy (non-hydrogen) atoms. The minimum Gasteiger partial charge on any atom is -0.351 e. The zero-order chi connectivity index (χ0) is 23.2. The third-order valence-corrected chi connectivity index (χ3v) is 6.48. The summed E-state index contributed by atoms with van der Waals surface area (Å²) >= 11 is 0. The monoisotopic (exact) mass is 444 g/mol. The average molecular weight is 445 g/mol. The van der Waals surface area contributed by atoms with Crippen LogP contribution in [0, 0.1) is 24.5 Å². The van der Waals surface area contributed by atoms with Crippen molar-refractivity contribution >= 4 is 11.8 Å². The molecule has 0 spiro atoms. The predicted molar refractivity (Wildman–Crippen MR) is 116 cm³/mol. The van der Waals surface area contributed by atoms with Crippen LogP contribution in [0.4, 0.5) is 8.78 Å². The second-order valence-electron chi connectivity index (χ2n) is 9.98. The second kappa shape index (κ2) is 8.30. The van der Waals surface area contributed by atoms with Crippen LogP contribution in [0.1, 0.15) is 74.0 Å². The van der Waals surface area contributed by atoms with Gasteiger partial charge in [0.25, 0.3) is 5.91 Å². The lowest BCUT2D eigenvalue weighted by Gasteiger charge is -2.22. The summed E-state index contributed by atoms with van der Waals surface area (Å²) in [5.41, 5.74) is 1.22. The zero-order valence-electron chi connectivity index (χ0n) is 18.9. The molecular formula is C24H30F2N4O2. The molecular weight excluding hydrogens is 414 g/mol. The molecule has 0 unspecified atom stereocenters. The fourth-order valence-electron chi connectivity index (χ4n) is 4.50. The second-order valence-corrected chi connectivity index (χ2v) is 9.98. The first-order valence-corrected chi connectivity index (χ1v) is 11.2. The molecule has 172 valence electrons. The van der Waals surface area contributed by atoms with E-state index in [4.69, 9.17) is 0 Å². The first-order valence-electron chi connectivity index (χ1n) is 11.2. The van der Waals surface area contributed by atoms with Gasteiger partial charge in [0, 0.05) is 24.2 Å². The molecule has 2 aliphatic rings. The summed E-state index contributed by atoms with van der Waals surface area (Å²) in [6.45, 7) is 7.86. The average Bonchev–Trinajstić information content (AvgIpc) is 3.23. The first-order chi connectivity index (χ1) is 15.0. The highest BCUT2D eigenvalue weighted by atomic mass is 19.1. The number of carbonyl (C=O) groups is 2. The molecule has 4 atom stereocenters. The number of hydrogen-bond donors (Lipinski definition) is 2. The number of nitrogens with one attached hydrogen (secondary N) is 2. The number of aryl methyl sites for hydroxylation is 1. The van der Waals surface area contributed by atoms with Crippen molar-refractivity contribution in [1.29, 1.82) is 0 Å². The quantitative estimate of drug-likeness (QED) is 0.737. The molecule has 0 bridgehead atoms. The van der Waals surface area contributed by atoms with E-state index in [-0.39, 0.29) is 46.8 Å². The molecule has 2 amide bonds. The van der Waals surface area contributed by atoms with Crippen LogP contribution in [0.25, 0.3) is 0 Å². The van der Waals surface area contributed by atoms with E-state index in [1.807, 2.05) is 27.7 Å². The number of carbonyl (C=O) groups excluding carboxylic acids is 2. The molecule has 1 aromatic carbocycles. The maximum Gasteiger partial charge on any atom is 0.255 e. The maximum absolute atomic E-state index is 14.0. The van der Waals surface area contributed by atoms with E-state index in [9.17, 15) is 18.4 Å². The highest BCUT2D eigenvalue weighted by Gasteiger charge is 2.46. The van der Waals surface area contributed by atoms with Crippen LogP contribution in [0.15, 0.2) is 24.4 Å². The van der Waals surface area contributed by atoms with Gasteiger partial charge in [-0.3, -0.25) is 14.3 Å². The van der Waals surface area contributed by atoms with Gasteiger partial charge in [0.2, 0.25) is 5.91 Å². The van der Waals surface area contributed by atoms with Crippen molar-refractivity contribution in [3.8, 4) is 0 Å². The largest absolute Gasteiger partial charge is 0.351 e. The van der Waals surface area contributed by atoms with Gasteiger partial charge in [0.1, 0.15) is 11.6 Å². The van der Waals surface area contributed by atoms with Crippen LogP contribution in [-0.4, -0.2) is 33.7 Å².